The number of unbranched alkanes of at least 4 members (excludes halogenated alkanes) is 1. The number of nitriles is 1. The summed E-state index contributed by atoms with van der Waals surface area (Å²) in [5, 5.41) is 29.7. The summed E-state index contributed by atoms with van der Waals surface area (Å²) in [7, 11) is 0. The number of nitrogens with one attached hydrogen (secondary N) is 3. The number of carbonyl (C=O) groups excluding carboxylic acids is 4. The van der Waals surface area contributed by atoms with Crippen LogP contribution < -0.4 is 25.6 Å². The first-order valence-corrected chi connectivity index (χ1v) is 28.4. The van der Waals surface area contributed by atoms with Crippen molar-refractivity contribution in [1.29, 1.82) is 5.26 Å². The minimum absolute atomic E-state index is 0.0201. The number of rotatable bonds is 18. The molecule has 2 aromatic heterocycles. The van der Waals surface area contributed by atoms with E-state index in [1.165, 1.54) is 4.90 Å². The Morgan fingerprint density at radius 1 is 0.883 bits per heavy atom. The molecule has 4 fully saturated rings. The maximum absolute atomic E-state index is 14.3. The van der Waals surface area contributed by atoms with E-state index >= 15 is 0 Å². The number of amides is 4. The molecular formula is C58H78ClN11O6S. The molecule has 8 rings (SSSR count). The number of benzene rings is 2. The minimum Gasteiger partial charge on any atom is -0.489 e. The number of ether oxygens (including phenoxy) is 1. The standard InChI is InChI=1S/C58H78ClN11O6S/c1-37(39-12-14-40(15-13-39)49-38(2)62-36-77-49)63-52(74)46-30-43(71)34-70(46)53(75)50(56(3,4)5)64-48(72)35-68-24-22-66(23-25-68)20-10-11-21-67-26-28-69(29-27-67)47-19-17-42(33-61-47)51(73)65-54-57(6,7)55(58(54,8)9)76-44-18-16-41(32-60)45(59)31-44/h12-19,31,33,36-37,43,46,50,54-55,71H,10-11,20-30,34-35H2,1-9H3,(H,63,74)(H,64,72)(H,65,73)/t37-,43+,46-,50?,54?,55?/m0/s1. The predicted molar refractivity (Wildman–Crippen MR) is 301 cm³/mol. The van der Waals surface area contributed by atoms with Crippen molar-refractivity contribution in [3.63, 3.8) is 0 Å². The average Bonchev–Trinajstić information content (AvgIpc) is 4.21. The lowest BCUT2D eigenvalue weighted by Crippen LogP contribution is -2.74. The molecule has 1 saturated carbocycles. The number of β-amino-alcohol motifs (C(OH)–C–C–N with tert-alkyl or cyclic N) is 1. The van der Waals surface area contributed by atoms with Crippen LogP contribution in [0.4, 0.5) is 5.82 Å². The number of aliphatic hydroxyl groups excluding tert-OH is 1. The van der Waals surface area contributed by atoms with Crippen LogP contribution in [0.3, 0.4) is 0 Å². The molecule has 4 atom stereocenters. The largest absolute Gasteiger partial charge is 0.489 e. The zero-order chi connectivity index (χ0) is 55.4. The second-order valence-electron chi connectivity index (χ2n) is 23.7. The zero-order valence-corrected chi connectivity index (χ0v) is 47.8. The highest BCUT2D eigenvalue weighted by atomic mass is 35.5. The summed E-state index contributed by atoms with van der Waals surface area (Å²) < 4.78 is 6.39. The fraction of sp³-hybridized carbons (Fsp3) is 0.569. The summed E-state index contributed by atoms with van der Waals surface area (Å²) in [4.78, 5) is 76.1. The average molecular weight is 1090 g/mol. The molecule has 4 amide bonds. The number of likely N-dealkylation sites (tertiary alicyclic amines) is 1. The summed E-state index contributed by atoms with van der Waals surface area (Å²) in [6.07, 6.45) is 2.92. The number of aliphatic hydroxyl groups is 1. The maximum Gasteiger partial charge on any atom is 0.253 e. The van der Waals surface area contributed by atoms with Crippen LogP contribution in [0.5, 0.6) is 5.75 Å². The lowest BCUT2D eigenvalue weighted by Gasteiger charge is -2.63. The van der Waals surface area contributed by atoms with Crippen molar-refractivity contribution in [2.75, 3.05) is 83.4 Å². The minimum atomic E-state index is -0.886. The molecular weight excluding hydrogens is 1010 g/mol. The summed E-state index contributed by atoms with van der Waals surface area (Å²) in [5.41, 5.74) is 4.30. The van der Waals surface area contributed by atoms with Gasteiger partial charge in [0.2, 0.25) is 17.7 Å². The highest BCUT2D eigenvalue weighted by molar-refractivity contribution is 7.13. The van der Waals surface area contributed by atoms with Gasteiger partial charge in [0.15, 0.2) is 0 Å². The maximum atomic E-state index is 14.3. The van der Waals surface area contributed by atoms with Gasteiger partial charge in [-0.1, -0.05) is 84.3 Å². The highest BCUT2D eigenvalue weighted by Gasteiger charge is 2.64. The van der Waals surface area contributed by atoms with Crippen LogP contribution in [0.1, 0.15) is 108 Å². The molecule has 1 unspecified atom stereocenters. The second-order valence-corrected chi connectivity index (χ2v) is 25.0. The second kappa shape index (κ2) is 24.1. The monoisotopic (exact) mass is 1090 g/mol. The van der Waals surface area contributed by atoms with Gasteiger partial charge < -0.3 is 40.5 Å². The number of thiazole rings is 1. The molecule has 0 radical (unpaired) electrons. The summed E-state index contributed by atoms with van der Waals surface area (Å²) in [5.74, 6) is 0.345. The number of nitrogens with zero attached hydrogens (tertiary/aromatic N) is 8. The van der Waals surface area contributed by atoms with Crippen molar-refractivity contribution in [2.45, 2.75) is 118 Å². The molecule has 1 aliphatic carbocycles. The third kappa shape index (κ3) is 13.4. The zero-order valence-electron chi connectivity index (χ0n) is 46.3. The summed E-state index contributed by atoms with van der Waals surface area (Å²) in [6, 6.07) is 16.7. The molecule has 4 N–H and O–H groups in total. The van der Waals surface area contributed by atoms with E-state index in [1.807, 2.05) is 76.5 Å². The first-order valence-electron chi connectivity index (χ1n) is 27.2. The molecule has 4 aliphatic rings. The fourth-order valence-corrected chi connectivity index (χ4v) is 13.0. The van der Waals surface area contributed by atoms with E-state index in [0.29, 0.717) is 21.9 Å². The SMILES string of the molecule is Cc1ncsc1-c1ccc([C@H](C)NC(=O)[C@@H]2C[C@@H](O)CN2C(=O)C(NC(=O)CN2CCN(CCCCN3CCN(c4ccc(C(=O)NC5C(C)(C)C(Oc6ccc(C#N)c(Cl)c6)C5(C)C)cn4)CC3)CC2)C(C)(C)C)cc1. The predicted octanol–water partition coefficient (Wildman–Crippen LogP) is 6.54. The van der Waals surface area contributed by atoms with Gasteiger partial charge in [-0.15, -0.1) is 11.3 Å². The lowest BCUT2D eigenvalue weighted by atomic mass is 9.49. The number of piperazine rings is 2. The van der Waals surface area contributed by atoms with Crippen LogP contribution in [0.2, 0.25) is 5.02 Å². The smallest absolute Gasteiger partial charge is 0.253 e. The third-order valence-corrected chi connectivity index (χ3v) is 17.5. The molecule has 19 heteroatoms. The number of hydrogen-bond acceptors (Lipinski definition) is 14. The van der Waals surface area contributed by atoms with Crippen molar-refractivity contribution >= 4 is 52.4 Å². The van der Waals surface area contributed by atoms with E-state index < -0.39 is 23.6 Å². The molecule has 5 heterocycles. The van der Waals surface area contributed by atoms with Gasteiger partial charge in [0, 0.05) is 94.5 Å². The third-order valence-electron chi connectivity index (χ3n) is 16.2. The van der Waals surface area contributed by atoms with Crippen LogP contribution in [0.15, 0.2) is 66.3 Å². The highest BCUT2D eigenvalue weighted by Crippen LogP contribution is 2.55. The Morgan fingerprint density at radius 3 is 2.09 bits per heavy atom. The molecule has 414 valence electrons. The number of anilines is 1. The van der Waals surface area contributed by atoms with Crippen molar-refractivity contribution in [3.05, 3.63) is 93.7 Å². The fourth-order valence-electron chi connectivity index (χ4n) is 12.0. The van der Waals surface area contributed by atoms with Crippen molar-refractivity contribution in [3.8, 4) is 22.3 Å². The molecule has 77 heavy (non-hydrogen) atoms. The summed E-state index contributed by atoms with van der Waals surface area (Å²) >= 11 is 7.86. The molecule has 3 aliphatic heterocycles. The van der Waals surface area contributed by atoms with E-state index in [-0.39, 0.29) is 72.2 Å². The Kier molecular flexibility index (Phi) is 18.0. The Hall–Kier alpha value is -5.68. The van der Waals surface area contributed by atoms with Crippen LogP contribution in [-0.2, 0) is 14.4 Å². The molecule has 4 aromatic rings. The number of carbonyl (C=O) groups is 4. The van der Waals surface area contributed by atoms with Crippen LogP contribution in [0, 0.1) is 34.5 Å². The first kappa shape index (κ1) is 57.5. The molecule has 0 spiro atoms. The van der Waals surface area contributed by atoms with E-state index in [2.05, 4.69) is 74.3 Å². The van der Waals surface area contributed by atoms with E-state index in [0.717, 1.165) is 106 Å². The topological polar surface area (TPSA) is 200 Å². The number of aromatic nitrogens is 2. The van der Waals surface area contributed by atoms with Gasteiger partial charge in [0.25, 0.3) is 5.91 Å². The van der Waals surface area contributed by atoms with E-state index in [9.17, 15) is 29.5 Å². The van der Waals surface area contributed by atoms with Crippen LogP contribution >= 0.6 is 22.9 Å². The number of halogens is 1. The van der Waals surface area contributed by atoms with Gasteiger partial charge >= 0.3 is 0 Å². The normalized spacial score (nSPS) is 22.6. The van der Waals surface area contributed by atoms with Gasteiger partial charge in [0.05, 0.1) is 50.9 Å². The Bertz CT molecular complexity index is 2740. The van der Waals surface area contributed by atoms with Crippen molar-refractivity contribution < 1.29 is 29.0 Å². The molecule has 0 bridgehead atoms. The van der Waals surface area contributed by atoms with Gasteiger partial charge in [-0.2, -0.15) is 5.26 Å². The van der Waals surface area contributed by atoms with Crippen LogP contribution in [-0.4, -0.2) is 167 Å². The van der Waals surface area contributed by atoms with Crippen molar-refractivity contribution in [2.24, 2.45) is 16.2 Å². The van der Waals surface area contributed by atoms with Gasteiger partial charge in [-0.3, -0.25) is 29.0 Å². The first-order chi connectivity index (χ1) is 36.5. The van der Waals surface area contributed by atoms with E-state index in [4.69, 9.17) is 21.3 Å². The van der Waals surface area contributed by atoms with Gasteiger partial charge in [-0.05, 0) is 80.6 Å². The molecule has 17 nitrogen and oxygen atoms in total. The molecule has 2 aromatic carbocycles. The number of pyridine rings is 1. The van der Waals surface area contributed by atoms with Crippen molar-refractivity contribution in [1.82, 2.24) is 45.5 Å². The van der Waals surface area contributed by atoms with Gasteiger partial charge in [0.1, 0.15) is 35.8 Å². The Balaban J connectivity index is 0.715. The summed E-state index contributed by atoms with van der Waals surface area (Å²) in [6.45, 7) is 27.0. The van der Waals surface area contributed by atoms with Gasteiger partial charge in [-0.25, -0.2) is 9.97 Å². The van der Waals surface area contributed by atoms with E-state index in [1.54, 1.807) is 35.7 Å². The quantitative estimate of drug-likeness (QED) is 0.0785. The number of hydrogen-bond donors (Lipinski definition) is 4. The Labute approximate surface area is 463 Å². The number of aryl methyl sites for hydroxylation is 1. The lowest BCUT2D eigenvalue weighted by molar-refractivity contribution is -0.164. The molecule has 3 saturated heterocycles. The van der Waals surface area contributed by atoms with Crippen LogP contribution in [0.25, 0.3) is 10.4 Å². The Morgan fingerprint density at radius 2 is 1.52 bits per heavy atom.